The molecular formula is C15H25NO3. The monoisotopic (exact) mass is 267 g/mol. The summed E-state index contributed by atoms with van der Waals surface area (Å²) in [6.07, 6.45) is 1.58. The SMILES string of the molecule is CC.CCc1ccc(C)cc1.COC(=O)CNC=O. The van der Waals surface area contributed by atoms with E-state index in [1.54, 1.807) is 0 Å². The van der Waals surface area contributed by atoms with Crippen LogP contribution in [0.1, 0.15) is 31.9 Å². The molecule has 0 atom stereocenters. The van der Waals surface area contributed by atoms with Gasteiger partial charge in [0, 0.05) is 0 Å². The minimum atomic E-state index is -0.447. The third-order valence-electron chi connectivity index (χ3n) is 2.09. The van der Waals surface area contributed by atoms with Gasteiger partial charge in [-0.1, -0.05) is 50.6 Å². The van der Waals surface area contributed by atoms with Crippen molar-refractivity contribution in [3.05, 3.63) is 35.4 Å². The average Bonchev–Trinajstić information content (AvgIpc) is 2.48. The third kappa shape index (κ3) is 12.4. The Hall–Kier alpha value is -1.84. The summed E-state index contributed by atoms with van der Waals surface area (Å²) in [6, 6.07) is 8.66. The predicted molar refractivity (Wildman–Crippen MR) is 78.0 cm³/mol. The molecule has 0 fully saturated rings. The number of amides is 1. The molecule has 0 unspecified atom stereocenters. The molecule has 1 rings (SSSR count). The fourth-order valence-electron chi connectivity index (χ4n) is 1.02. The summed E-state index contributed by atoms with van der Waals surface area (Å²) < 4.78 is 4.19. The lowest BCUT2D eigenvalue weighted by atomic mass is 10.1. The van der Waals surface area contributed by atoms with Gasteiger partial charge in [-0.05, 0) is 18.9 Å². The molecule has 0 saturated heterocycles. The Morgan fingerprint density at radius 3 is 2.16 bits per heavy atom. The molecule has 1 aromatic carbocycles. The van der Waals surface area contributed by atoms with Crippen molar-refractivity contribution in [1.29, 1.82) is 0 Å². The van der Waals surface area contributed by atoms with Crippen molar-refractivity contribution in [3.8, 4) is 0 Å². The van der Waals surface area contributed by atoms with Crippen molar-refractivity contribution in [2.75, 3.05) is 13.7 Å². The number of nitrogens with one attached hydrogen (secondary N) is 1. The van der Waals surface area contributed by atoms with Crippen LogP contribution in [0.4, 0.5) is 0 Å². The number of esters is 1. The normalized spacial score (nSPS) is 8.05. The van der Waals surface area contributed by atoms with E-state index in [4.69, 9.17) is 0 Å². The second-order valence-corrected chi connectivity index (χ2v) is 3.41. The number of ether oxygens (including phenoxy) is 1. The number of carbonyl (C=O) groups excluding carboxylic acids is 2. The van der Waals surface area contributed by atoms with Crippen LogP contribution in [0.2, 0.25) is 0 Å². The van der Waals surface area contributed by atoms with Crippen LogP contribution in [0.25, 0.3) is 0 Å². The van der Waals surface area contributed by atoms with E-state index in [0.717, 1.165) is 6.42 Å². The first-order chi connectivity index (χ1) is 9.13. The first-order valence-corrected chi connectivity index (χ1v) is 6.43. The van der Waals surface area contributed by atoms with E-state index in [-0.39, 0.29) is 6.54 Å². The highest BCUT2D eigenvalue weighted by atomic mass is 16.5. The lowest BCUT2D eigenvalue weighted by Gasteiger charge is -1.94. The highest BCUT2D eigenvalue weighted by Gasteiger charge is 1.93. The summed E-state index contributed by atoms with van der Waals surface area (Å²) in [5, 5.41) is 2.14. The van der Waals surface area contributed by atoms with Gasteiger partial charge >= 0.3 is 5.97 Å². The van der Waals surface area contributed by atoms with E-state index in [2.05, 4.69) is 48.2 Å². The van der Waals surface area contributed by atoms with Crippen molar-refractivity contribution >= 4 is 12.4 Å². The van der Waals surface area contributed by atoms with E-state index in [0.29, 0.717) is 6.41 Å². The largest absolute Gasteiger partial charge is 0.468 e. The molecular weight excluding hydrogens is 242 g/mol. The molecule has 0 saturated carbocycles. The number of aryl methyl sites for hydroxylation is 2. The molecule has 1 N–H and O–H groups in total. The third-order valence-corrected chi connectivity index (χ3v) is 2.09. The fraction of sp³-hybridized carbons (Fsp3) is 0.467. The zero-order chi connectivity index (χ0) is 15.1. The minimum absolute atomic E-state index is 0.0556. The molecule has 0 aliphatic heterocycles. The highest BCUT2D eigenvalue weighted by Crippen LogP contribution is 2.02. The highest BCUT2D eigenvalue weighted by molar-refractivity contribution is 5.73. The van der Waals surface area contributed by atoms with Gasteiger partial charge in [-0.25, -0.2) is 0 Å². The van der Waals surface area contributed by atoms with Crippen molar-refractivity contribution in [1.82, 2.24) is 5.32 Å². The van der Waals surface area contributed by atoms with Gasteiger partial charge in [0.25, 0.3) is 0 Å². The van der Waals surface area contributed by atoms with Gasteiger partial charge in [-0.2, -0.15) is 0 Å². The van der Waals surface area contributed by atoms with Gasteiger partial charge in [0.15, 0.2) is 0 Å². The molecule has 0 aliphatic rings. The Kier molecular flexibility index (Phi) is 14.6. The van der Waals surface area contributed by atoms with E-state index >= 15 is 0 Å². The fourth-order valence-corrected chi connectivity index (χ4v) is 1.02. The quantitative estimate of drug-likeness (QED) is 0.673. The molecule has 0 radical (unpaired) electrons. The summed E-state index contributed by atoms with van der Waals surface area (Å²) in [4.78, 5) is 19.6. The number of rotatable bonds is 4. The van der Waals surface area contributed by atoms with E-state index in [9.17, 15) is 9.59 Å². The van der Waals surface area contributed by atoms with E-state index < -0.39 is 5.97 Å². The molecule has 1 aromatic rings. The van der Waals surface area contributed by atoms with Gasteiger partial charge < -0.3 is 10.1 Å². The van der Waals surface area contributed by atoms with Crippen LogP contribution in [-0.2, 0) is 20.7 Å². The summed E-state index contributed by atoms with van der Waals surface area (Å²) in [6.45, 7) is 8.23. The van der Waals surface area contributed by atoms with Crippen LogP contribution in [0.3, 0.4) is 0 Å². The Morgan fingerprint density at radius 2 is 1.79 bits per heavy atom. The summed E-state index contributed by atoms with van der Waals surface area (Å²) in [5.74, 6) is -0.447. The van der Waals surface area contributed by atoms with Gasteiger partial charge in [0.05, 0.1) is 7.11 Å². The van der Waals surface area contributed by atoms with Crippen LogP contribution >= 0.6 is 0 Å². The topological polar surface area (TPSA) is 55.4 Å². The predicted octanol–water partition coefficient (Wildman–Crippen LogP) is 2.49. The van der Waals surface area contributed by atoms with Crippen LogP contribution in [0, 0.1) is 6.92 Å². The smallest absolute Gasteiger partial charge is 0.325 e. The van der Waals surface area contributed by atoms with Crippen molar-refractivity contribution < 1.29 is 14.3 Å². The molecule has 0 aliphatic carbocycles. The number of hydrogen-bond acceptors (Lipinski definition) is 3. The second kappa shape index (κ2) is 14.2. The molecule has 0 spiro atoms. The average molecular weight is 267 g/mol. The lowest BCUT2D eigenvalue weighted by Crippen LogP contribution is -2.21. The molecule has 0 bridgehead atoms. The molecule has 108 valence electrons. The van der Waals surface area contributed by atoms with Gasteiger partial charge in [0.2, 0.25) is 6.41 Å². The zero-order valence-electron chi connectivity index (χ0n) is 12.5. The second-order valence-electron chi connectivity index (χ2n) is 3.41. The first-order valence-electron chi connectivity index (χ1n) is 6.43. The number of hydrogen-bond donors (Lipinski definition) is 1. The van der Waals surface area contributed by atoms with Crippen molar-refractivity contribution in [3.63, 3.8) is 0 Å². The zero-order valence-corrected chi connectivity index (χ0v) is 12.5. The summed E-state index contributed by atoms with van der Waals surface area (Å²) in [7, 11) is 1.26. The molecule has 4 heteroatoms. The number of methoxy groups -OCH3 is 1. The summed E-state index contributed by atoms with van der Waals surface area (Å²) >= 11 is 0. The number of carbonyl (C=O) groups is 2. The van der Waals surface area contributed by atoms with Gasteiger partial charge in [-0.3, -0.25) is 9.59 Å². The van der Waals surface area contributed by atoms with Crippen LogP contribution in [-0.4, -0.2) is 26.0 Å². The van der Waals surface area contributed by atoms with Crippen LogP contribution in [0.5, 0.6) is 0 Å². The Morgan fingerprint density at radius 1 is 1.26 bits per heavy atom. The van der Waals surface area contributed by atoms with Gasteiger partial charge in [-0.15, -0.1) is 0 Å². The Bertz CT molecular complexity index is 334. The standard InChI is InChI=1S/C9H12.C4H7NO3.C2H6/c1-3-9-6-4-8(2)5-7-9;1-8-4(7)2-5-3-6;1-2/h4-7H,3H2,1-2H3;3H,2H2,1H3,(H,5,6);1-2H3. The van der Waals surface area contributed by atoms with Crippen LogP contribution in [0.15, 0.2) is 24.3 Å². The molecule has 0 aromatic heterocycles. The van der Waals surface area contributed by atoms with Crippen LogP contribution < -0.4 is 5.32 Å². The molecule has 1 amide bonds. The maximum absolute atomic E-state index is 10.1. The maximum Gasteiger partial charge on any atom is 0.325 e. The van der Waals surface area contributed by atoms with E-state index in [1.807, 2.05) is 13.8 Å². The minimum Gasteiger partial charge on any atom is -0.468 e. The van der Waals surface area contributed by atoms with Crippen molar-refractivity contribution in [2.24, 2.45) is 0 Å². The van der Waals surface area contributed by atoms with Gasteiger partial charge in [0.1, 0.15) is 6.54 Å². The Balaban J connectivity index is 0. The van der Waals surface area contributed by atoms with E-state index in [1.165, 1.54) is 18.2 Å². The Labute approximate surface area is 116 Å². The maximum atomic E-state index is 10.1. The number of benzene rings is 1. The van der Waals surface area contributed by atoms with Crippen molar-refractivity contribution in [2.45, 2.75) is 34.1 Å². The molecule has 4 nitrogen and oxygen atoms in total. The molecule has 0 heterocycles. The lowest BCUT2D eigenvalue weighted by molar-refractivity contribution is -0.140. The first kappa shape index (κ1) is 19.5. The molecule has 19 heavy (non-hydrogen) atoms. The summed E-state index contributed by atoms with van der Waals surface area (Å²) in [5.41, 5.74) is 2.76.